The summed E-state index contributed by atoms with van der Waals surface area (Å²) in [5, 5.41) is 8.52. The third-order valence-electron chi connectivity index (χ3n) is 8.03. The number of rotatable bonds is 7. The van der Waals surface area contributed by atoms with Gasteiger partial charge in [0.2, 0.25) is 0 Å². The second-order valence-corrected chi connectivity index (χ2v) is 10.6. The van der Waals surface area contributed by atoms with Crippen molar-refractivity contribution in [3.63, 3.8) is 0 Å². The maximum absolute atomic E-state index is 6.10. The van der Waals surface area contributed by atoms with Gasteiger partial charge < -0.3 is 4.74 Å². The van der Waals surface area contributed by atoms with Gasteiger partial charge in [-0.3, -0.25) is 9.58 Å². The number of fused-ring (bicyclic) bond motifs is 1. The van der Waals surface area contributed by atoms with Crippen LogP contribution in [0.3, 0.4) is 0 Å². The Balaban J connectivity index is 1.26. The maximum atomic E-state index is 6.10. The number of ether oxygens (including phenoxy) is 1. The number of benzene rings is 3. The van der Waals surface area contributed by atoms with Crippen molar-refractivity contribution >= 4 is 0 Å². The molecule has 37 heavy (non-hydrogen) atoms. The summed E-state index contributed by atoms with van der Waals surface area (Å²) in [6.45, 7) is 7.10. The van der Waals surface area contributed by atoms with E-state index in [2.05, 4.69) is 102 Å². The minimum atomic E-state index is 0.366. The van der Waals surface area contributed by atoms with Crippen LogP contribution in [0.4, 0.5) is 0 Å². The zero-order chi connectivity index (χ0) is 25.4. The fraction of sp³-hybridized carbons (Fsp3) is 0.375. The van der Waals surface area contributed by atoms with Crippen molar-refractivity contribution in [2.75, 3.05) is 13.2 Å². The number of hydrogen-bond donors (Lipinski definition) is 0. The second kappa shape index (κ2) is 10.1. The molecule has 4 aromatic rings. The predicted molar refractivity (Wildman–Crippen MR) is 148 cm³/mol. The van der Waals surface area contributed by atoms with Crippen molar-refractivity contribution < 1.29 is 4.74 Å². The van der Waals surface area contributed by atoms with Crippen molar-refractivity contribution in [1.82, 2.24) is 19.9 Å². The Morgan fingerprint density at radius 2 is 1.78 bits per heavy atom. The Morgan fingerprint density at radius 1 is 0.919 bits per heavy atom. The summed E-state index contributed by atoms with van der Waals surface area (Å²) in [5.41, 5.74) is 9.22. The van der Waals surface area contributed by atoms with Crippen molar-refractivity contribution in [1.29, 1.82) is 0 Å². The van der Waals surface area contributed by atoms with Gasteiger partial charge in [-0.25, -0.2) is 0 Å². The van der Waals surface area contributed by atoms with Gasteiger partial charge in [0.15, 0.2) is 0 Å². The standard InChI is InChI=1S/C32H36N4O/c1-4-22-15-25(18-26(16-22)28-19-29(28)30-21-35(3)34-33-30)24-10-8-9-23(17-24)20-36-13-14-37-32-12-7-6-11-27(32)31(36)5-2/h6-12,15-18,21,28-29,31H,4-5,13-14,19-20H2,1-3H3/t28-,29+,31-/m0/s1. The largest absolute Gasteiger partial charge is 0.492 e. The van der Waals surface area contributed by atoms with Crippen LogP contribution in [0.1, 0.15) is 72.5 Å². The van der Waals surface area contributed by atoms with Gasteiger partial charge in [-0.15, -0.1) is 5.10 Å². The molecule has 6 rings (SSSR count). The number of nitrogens with zero attached hydrogens (tertiary/aromatic N) is 4. The molecule has 0 N–H and O–H groups in total. The molecule has 1 aliphatic heterocycles. The SMILES string of the molecule is CCc1cc(-c2cccc(CN3CCOc4ccccc4[C@@H]3CC)c2)cc([C@@H]2C[C@H]2c2cn(C)nn2)c1. The fourth-order valence-electron chi connectivity index (χ4n) is 5.99. The Bertz CT molecular complexity index is 1390. The van der Waals surface area contributed by atoms with Gasteiger partial charge in [-0.05, 0) is 65.1 Å². The van der Waals surface area contributed by atoms with E-state index in [1.807, 2.05) is 11.7 Å². The van der Waals surface area contributed by atoms with Crippen molar-refractivity contribution in [2.45, 2.75) is 57.5 Å². The first kappa shape index (κ1) is 23.9. The van der Waals surface area contributed by atoms with Gasteiger partial charge in [0.1, 0.15) is 12.4 Å². The summed E-state index contributed by atoms with van der Waals surface area (Å²) in [7, 11) is 1.94. The van der Waals surface area contributed by atoms with Gasteiger partial charge in [0.05, 0.1) is 5.69 Å². The molecule has 1 aliphatic carbocycles. The third-order valence-corrected chi connectivity index (χ3v) is 8.03. The minimum Gasteiger partial charge on any atom is -0.492 e. The van der Waals surface area contributed by atoms with Crippen LogP contribution in [0, 0.1) is 0 Å². The molecule has 1 aromatic heterocycles. The molecule has 2 heterocycles. The van der Waals surface area contributed by atoms with Crippen LogP contribution in [0.2, 0.25) is 0 Å². The van der Waals surface area contributed by atoms with Gasteiger partial charge in [0.25, 0.3) is 0 Å². The van der Waals surface area contributed by atoms with Crippen LogP contribution in [0.5, 0.6) is 5.75 Å². The Kier molecular flexibility index (Phi) is 6.56. The molecule has 0 spiro atoms. The lowest BCUT2D eigenvalue weighted by Crippen LogP contribution is -2.29. The number of aryl methyl sites for hydroxylation is 2. The van der Waals surface area contributed by atoms with E-state index in [1.54, 1.807) is 0 Å². The fourth-order valence-corrected chi connectivity index (χ4v) is 5.99. The highest BCUT2D eigenvalue weighted by Crippen LogP contribution is 2.54. The van der Waals surface area contributed by atoms with Crippen molar-refractivity contribution in [3.05, 3.63) is 101 Å². The second-order valence-electron chi connectivity index (χ2n) is 10.6. The molecule has 3 atom stereocenters. The summed E-state index contributed by atoms with van der Waals surface area (Å²) in [5.74, 6) is 2.06. The minimum absolute atomic E-state index is 0.366. The van der Waals surface area contributed by atoms with Crippen LogP contribution in [-0.4, -0.2) is 33.0 Å². The third kappa shape index (κ3) is 4.93. The first-order valence-corrected chi connectivity index (χ1v) is 13.7. The first-order valence-electron chi connectivity index (χ1n) is 13.7. The Labute approximate surface area is 220 Å². The summed E-state index contributed by atoms with van der Waals surface area (Å²) >= 11 is 0. The van der Waals surface area contributed by atoms with E-state index < -0.39 is 0 Å². The zero-order valence-electron chi connectivity index (χ0n) is 22.1. The summed E-state index contributed by atoms with van der Waals surface area (Å²) < 4.78 is 7.91. The molecule has 3 aromatic carbocycles. The van der Waals surface area contributed by atoms with Crippen LogP contribution in [-0.2, 0) is 20.0 Å². The molecule has 0 radical (unpaired) electrons. The topological polar surface area (TPSA) is 43.2 Å². The van der Waals surface area contributed by atoms with E-state index in [1.165, 1.54) is 33.4 Å². The average molecular weight is 493 g/mol. The normalized spacial score (nSPS) is 21.2. The Morgan fingerprint density at radius 3 is 2.59 bits per heavy atom. The predicted octanol–water partition coefficient (Wildman–Crippen LogP) is 6.66. The average Bonchev–Trinajstić information content (AvgIpc) is 3.65. The zero-order valence-corrected chi connectivity index (χ0v) is 22.1. The van der Waals surface area contributed by atoms with Crippen LogP contribution in [0.15, 0.2) is 72.9 Å². The van der Waals surface area contributed by atoms with Gasteiger partial charge in [-0.1, -0.05) is 73.7 Å². The maximum Gasteiger partial charge on any atom is 0.124 e. The highest BCUT2D eigenvalue weighted by atomic mass is 16.5. The lowest BCUT2D eigenvalue weighted by Gasteiger charge is -2.29. The molecular weight excluding hydrogens is 456 g/mol. The number of hydrogen-bond acceptors (Lipinski definition) is 4. The molecule has 0 unspecified atom stereocenters. The van der Waals surface area contributed by atoms with Gasteiger partial charge in [-0.2, -0.15) is 0 Å². The van der Waals surface area contributed by atoms with E-state index in [0.717, 1.165) is 50.4 Å². The highest BCUT2D eigenvalue weighted by Gasteiger charge is 2.41. The number of para-hydroxylation sites is 1. The summed E-state index contributed by atoms with van der Waals surface area (Å²) in [4.78, 5) is 2.58. The lowest BCUT2D eigenvalue weighted by atomic mass is 9.95. The summed E-state index contributed by atoms with van der Waals surface area (Å²) in [6.07, 6.45) is 5.32. The molecular formula is C32H36N4O. The van der Waals surface area contributed by atoms with E-state index in [0.29, 0.717) is 17.9 Å². The highest BCUT2D eigenvalue weighted by molar-refractivity contribution is 5.66. The van der Waals surface area contributed by atoms with E-state index in [-0.39, 0.29) is 0 Å². The molecule has 190 valence electrons. The molecule has 5 nitrogen and oxygen atoms in total. The van der Waals surface area contributed by atoms with Crippen LogP contribution in [0.25, 0.3) is 11.1 Å². The van der Waals surface area contributed by atoms with E-state index >= 15 is 0 Å². The molecule has 5 heteroatoms. The quantitative estimate of drug-likeness (QED) is 0.289. The van der Waals surface area contributed by atoms with Gasteiger partial charge >= 0.3 is 0 Å². The molecule has 1 fully saturated rings. The number of aromatic nitrogens is 3. The van der Waals surface area contributed by atoms with E-state index in [9.17, 15) is 0 Å². The molecule has 0 bridgehead atoms. The lowest BCUT2D eigenvalue weighted by molar-refractivity contribution is 0.170. The van der Waals surface area contributed by atoms with Gasteiger partial charge in [0, 0.05) is 43.9 Å². The molecule has 2 aliphatic rings. The summed E-state index contributed by atoms with van der Waals surface area (Å²) in [6, 6.07) is 25.2. The Hall–Kier alpha value is -3.44. The molecule has 0 saturated heterocycles. The molecule has 1 saturated carbocycles. The smallest absolute Gasteiger partial charge is 0.124 e. The van der Waals surface area contributed by atoms with Crippen molar-refractivity contribution in [2.24, 2.45) is 7.05 Å². The van der Waals surface area contributed by atoms with E-state index in [4.69, 9.17) is 4.74 Å². The van der Waals surface area contributed by atoms with Crippen LogP contribution < -0.4 is 4.74 Å². The first-order chi connectivity index (χ1) is 18.1. The monoisotopic (exact) mass is 492 g/mol. The van der Waals surface area contributed by atoms with Crippen molar-refractivity contribution in [3.8, 4) is 16.9 Å². The van der Waals surface area contributed by atoms with Crippen LogP contribution >= 0.6 is 0 Å². The molecule has 0 amide bonds.